The number of hydrogen-bond donors (Lipinski definition) is 0. The van der Waals surface area contributed by atoms with E-state index in [9.17, 15) is 4.79 Å². The van der Waals surface area contributed by atoms with Gasteiger partial charge < -0.3 is 9.47 Å². The minimum absolute atomic E-state index is 0.0102. The fourth-order valence-corrected chi connectivity index (χ4v) is 3.21. The predicted molar refractivity (Wildman–Crippen MR) is 72.9 cm³/mol. The summed E-state index contributed by atoms with van der Waals surface area (Å²) in [6, 6.07) is 3.78. The zero-order chi connectivity index (χ0) is 13.4. The van der Waals surface area contributed by atoms with E-state index in [1.54, 1.807) is 0 Å². The summed E-state index contributed by atoms with van der Waals surface area (Å²) in [6.45, 7) is 3.33. The molecule has 3 rings (SSSR count). The van der Waals surface area contributed by atoms with Crippen LogP contribution in [0.5, 0.6) is 5.75 Å². The van der Waals surface area contributed by atoms with E-state index >= 15 is 0 Å². The van der Waals surface area contributed by atoms with E-state index in [0.717, 1.165) is 29.7 Å². The van der Waals surface area contributed by atoms with E-state index in [4.69, 9.17) is 21.1 Å². The number of halogens is 1. The Balaban J connectivity index is 1.82. The molecule has 1 fully saturated rings. The first-order chi connectivity index (χ1) is 9.15. The lowest BCUT2D eigenvalue weighted by atomic mass is 9.92. The number of benzene rings is 1. The average Bonchev–Trinajstić information content (AvgIpc) is 2.97. The summed E-state index contributed by atoms with van der Waals surface area (Å²) < 4.78 is 11.1. The molecule has 0 bridgehead atoms. The third-order valence-corrected chi connectivity index (χ3v) is 4.20. The third kappa shape index (κ3) is 2.49. The molecule has 0 aliphatic carbocycles. The lowest BCUT2D eigenvalue weighted by Crippen LogP contribution is -2.23. The lowest BCUT2D eigenvalue weighted by molar-refractivity contribution is -0.123. The summed E-state index contributed by atoms with van der Waals surface area (Å²) in [4.78, 5) is 12.4. The zero-order valence-corrected chi connectivity index (χ0v) is 11.7. The van der Waals surface area contributed by atoms with Crippen LogP contribution in [0.3, 0.4) is 0 Å². The Hall–Kier alpha value is -1.06. The largest absolute Gasteiger partial charge is 0.493 e. The smallest absolute Gasteiger partial charge is 0.143 e. The molecule has 3 nitrogen and oxygen atoms in total. The monoisotopic (exact) mass is 280 g/mol. The number of carbonyl (C=O) groups excluding carboxylic acids is 1. The molecule has 1 aromatic rings. The Labute approximate surface area is 117 Å². The van der Waals surface area contributed by atoms with Crippen molar-refractivity contribution in [2.45, 2.75) is 32.3 Å². The maximum absolute atomic E-state index is 12.4. The minimum atomic E-state index is 0.0102. The molecule has 102 valence electrons. The number of Topliss-reactive ketones (excluding diaryl/α,β-unsaturated/α-hetero) is 1. The third-order valence-electron chi connectivity index (χ3n) is 3.98. The molecule has 0 saturated carbocycles. The van der Waals surface area contributed by atoms with Crippen LogP contribution < -0.4 is 4.74 Å². The fourth-order valence-electron chi connectivity index (χ4n) is 2.95. The Bertz CT molecular complexity index is 512. The van der Waals surface area contributed by atoms with Crippen LogP contribution in [0.4, 0.5) is 0 Å². The second kappa shape index (κ2) is 5.14. The van der Waals surface area contributed by atoms with Gasteiger partial charge in [-0.3, -0.25) is 4.79 Å². The SMILES string of the molecule is CC1OCCC1C(=O)Cc1cc(Cl)cc2c1OCC2. The highest BCUT2D eigenvalue weighted by atomic mass is 35.5. The van der Waals surface area contributed by atoms with Gasteiger partial charge in [-0.15, -0.1) is 0 Å². The van der Waals surface area contributed by atoms with E-state index in [2.05, 4.69) is 0 Å². The van der Waals surface area contributed by atoms with Gasteiger partial charge in [0, 0.05) is 36.0 Å². The highest BCUT2D eigenvalue weighted by Gasteiger charge is 2.31. The lowest BCUT2D eigenvalue weighted by Gasteiger charge is -2.14. The van der Waals surface area contributed by atoms with Crippen molar-refractivity contribution in [2.24, 2.45) is 5.92 Å². The molecule has 1 saturated heterocycles. The molecule has 0 N–H and O–H groups in total. The van der Waals surface area contributed by atoms with E-state index in [-0.39, 0.29) is 17.8 Å². The molecule has 2 aliphatic rings. The summed E-state index contributed by atoms with van der Waals surface area (Å²) in [7, 11) is 0. The van der Waals surface area contributed by atoms with E-state index in [1.807, 2.05) is 19.1 Å². The Kier molecular flexibility index (Phi) is 3.50. The van der Waals surface area contributed by atoms with Crippen LogP contribution >= 0.6 is 11.6 Å². The van der Waals surface area contributed by atoms with Crippen molar-refractivity contribution in [1.82, 2.24) is 0 Å². The summed E-state index contributed by atoms with van der Waals surface area (Å²) in [6.07, 6.45) is 2.12. The Morgan fingerprint density at radius 2 is 2.26 bits per heavy atom. The zero-order valence-electron chi connectivity index (χ0n) is 10.9. The summed E-state index contributed by atoms with van der Waals surface area (Å²) in [5.74, 6) is 1.10. The molecule has 0 amide bonds. The van der Waals surface area contributed by atoms with Gasteiger partial charge in [0.2, 0.25) is 0 Å². The Morgan fingerprint density at radius 1 is 1.42 bits per heavy atom. The molecular weight excluding hydrogens is 264 g/mol. The molecule has 1 aromatic carbocycles. The fraction of sp³-hybridized carbons (Fsp3) is 0.533. The molecule has 2 atom stereocenters. The standard InChI is InChI=1S/C15H17ClO3/c1-9-13(3-5-18-9)14(17)8-11-7-12(16)6-10-2-4-19-15(10)11/h6-7,9,13H,2-5,8H2,1H3. The van der Waals surface area contributed by atoms with Crippen LogP contribution in [0.25, 0.3) is 0 Å². The van der Waals surface area contributed by atoms with Gasteiger partial charge >= 0.3 is 0 Å². The van der Waals surface area contributed by atoms with Crippen LogP contribution in [0, 0.1) is 5.92 Å². The topological polar surface area (TPSA) is 35.5 Å². The maximum Gasteiger partial charge on any atom is 0.143 e. The first-order valence-electron chi connectivity index (χ1n) is 6.73. The van der Waals surface area contributed by atoms with E-state index < -0.39 is 0 Å². The van der Waals surface area contributed by atoms with Gasteiger partial charge in [0.25, 0.3) is 0 Å². The van der Waals surface area contributed by atoms with Crippen molar-refractivity contribution in [3.63, 3.8) is 0 Å². The number of ether oxygens (including phenoxy) is 2. The van der Waals surface area contributed by atoms with E-state index in [0.29, 0.717) is 24.7 Å². The highest BCUT2D eigenvalue weighted by molar-refractivity contribution is 6.30. The average molecular weight is 281 g/mol. The summed E-state index contributed by atoms with van der Waals surface area (Å²) in [5.41, 5.74) is 2.04. The number of ketones is 1. The first-order valence-corrected chi connectivity index (χ1v) is 7.11. The van der Waals surface area contributed by atoms with Gasteiger partial charge in [-0.25, -0.2) is 0 Å². The molecule has 4 heteroatoms. The molecule has 0 aromatic heterocycles. The van der Waals surface area contributed by atoms with Crippen LogP contribution in [0.2, 0.25) is 5.02 Å². The molecule has 0 spiro atoms. The van der Waals surface area contributed by atoms with Crippen LogP contribution in [0.15, 0.2) is 12.1 Å². The second-order valence-corrected chi connectivity index (χ2v) is 5.70. The highest BCUT2D eigenvalue weighted by Crippen LogP contribution is 2.34. The number of rotatable bonds is 3. The molecule has 2 aliphatic heterocycles. The van der Waals surface area contributed by atoms with Crippen molar-refractivity contribution >= 4 is 17.4 Å². The molecule has 19 heavy (non-hydrogen) atoms. The minimum Gasteiger partial charge on any atom is -0.493 e. The van der Waals surface area contributed by atoms with Crippen molar-refractivity contribution in [2.75, 3.05) is 13.2 Å². The van der Waals surface area contributed by atoms with Gasteiger partial charge in [0.15, 0.2) is 0 Å². The van der Waals surface area contributed by atoms with Crippen molar-refractivity contribution in [3.05, 3.63) is 28.3 Å². The number of hydrogen-bond acceptors (Lipinski definition) is 3. The van der Waals surface area contributed by atoms with Gasteiger partial charge in [-0.1, -0.05) is 11.6 Å². The molecule has 2 unspecified atom stereocenters. The van der Waals surface area contributed by atoms with E-state index in [1.165, 1.54) is 0 Å². The van der Waals surface area contributed by atoms with Crippen LogP contribution in [-0.4, -0.2) is 25.1 Å². The number of carbonyl (C=O) groups is 1. The van der Waals surface area contributed by atoms with Crippen molar-refractivity contribution in [3.8, 4) is 5.75 Å². The van der Waals surface area contributed by atoms with Gasteiger partial charge in [-0.2, -0.15) is 0 Å². The summed E-state index contributed by atoms with van der Waals surface area (Å²) >= 11 is 6.11. The molecule has 0 radical (unpaired) electrons. The normalized spacial score (nSPS) is 25.2. The summed E-state index contributed by atoms with van der Waals surface area (Å²) in [5, 5.41) is 0.683. The maximum atomic E-state index is 12.4. The van der Waals surface area contributed by atoms with Gasteiger partial charge in [0.1, 0.15) is 11.5 Å². The quantitative estimate of drug-likeness (QED) is 0.854. The van der Waals surface area contributed by atoms with Crippen molar-refractivity contribution in [1.29, 1.82) is 0 Å². The van der Waals surface area contributed by atoms with Crippen LogP contribution in [0.1, 0.15) is 24.5 Å². The first kappa shape index (κ1) is 12.9. The van der Waals surface area contributed by atoms with Gasteiger partial charge in [0.05, 0.1) is 12.7 Å². The van der Waals surface area contributed by atoms with Crippen LogP contribution in [-0.2, 0) is 22.4 Å². The number of fused-ring (bicyclic) bond motifs is 1. The van der Waals surface area contributed by atoms with Gasteiger partial charge in [-0.05, 0) is 31.0 Å². The van der Waals surface area contributed by atoms with Crippen molar-refractivity contribution < 1.29 is 14.3 Å². The predicted octanol–water partition coefficient (Wildman–Crippen LogP) is 2.81. The molecule has 2 heterocycles. The molecular formula is C15H17ClO3. The Morgan fingerprint density at radius 3 is 3.00 bits per heavy atom. The second-order valence-electron chi connectivity index (χ2n) is 5.27.